The molecule has 32 valence electrons. The van der Waals surface area contributed by atoms with Gasteiger partial charge in [0.05, 0.1) is 0 Å². The van der Waals surface area contributed by atoms with E-state index >= 15 is 0 Å². The summed E-state index contributed by atoms with van der Waals surface area (Å²) in [6.45, 7) is 0. The van der Waals surface area contributed by atoms with E-state index in [1.165, 1.54) is 0 Å². The van der Waals surface area contributed by atoms with Crippen molar-refractivity contribution in [3.05, 3.63) is 0 Å². The van der Waals surface area contributed by atoms with Crippen molar-refractivity contribution in [1.29, 1.82) is 0 Å². The molecule has 0 heterocycles. The molecule has 0 rings (SSSR count). The minimum atomic E-state index is 0. The number of rotatable bonds is 0. The molecule has 0 bridgehead atoms. The fourth-order valence-corrected chi connectivity index (χ4v) is 0. The zero-order valence-electron chi connectivity index (χ0n) is 2.38. The molecule has 7 heteroatoms. The van der Waals surface area contributed by atoms with E-state index < -0.39 is 0 Å². The standard InChI is InChI=1S/2La.2Mg.3O.4H/q2*+3;;;3*-2;;;;. The van der Waals surface area contributed by atoms with Gasteiger partial charge in [-0.2, -0.15) is 0 Å². The molecule has 3 nitrogen and oxygen atoms in total. The summed E-state index contributed by atoms with van der Waals surface area (Å²) in [4.78, 5) is 0. The summed E-state index contributed by atoms with van der Waals surface area (Å²) in [6, 6.07) is 0. The van der Waals surface area contributed by atoms with E-state index in [-0.39, 0.29) is 134 Å². The third-order valence-electron chi connectivity index (χ3n) is 0. The summed E-state index contributed by atoms with van der Waals surface area (Å²) in [5.74, 6) is 0. The van der Waals surface area contributed by atoms with Gasteiger partial charge in [-0.3, -0.25) is 0 Å². The van der Waals surface area contributed by atoms with Gasteiger partial charge in [-0.1, -0.05) is 0 Å². The molecule has 0 spiro atoms. The monoisotopic (exact) mass is 378 g/mol. The third kappa shape index (κ3) is 41.3. The van der Waals surface area contributed by atoms with Crippen molar-refractivity contribution in [2.24, 2.45) is 0 Å². The number of hydrogen-bond donors (Lipinski definition) is 0. The average Bonchev–Trinajstić information content (AvgIpc) is 0. The van der Waals surface area contributed by atoms with E-state index in [4.69, 9.17) is 0 Å². The Morgan fingerprint density at radius 3 is 0.429 bits per heavy atom. The van der Waals surface area contributed by atoms with Crippen molar-refractivity contribution in [3.8, 4) is 0 Å². The van der Waals surface area contributed by atoms with Crippen molar-refractivity contribution >= 4 is 46.1 Å². The SMILES string of the molecule is [La+3].[La+3].[MgH2].[MgH2].[O-2].[O-2].[O-2]. The molecule has 0 aromatic carbocycles. The Labute approximate surface area is 131 Å². The van der Waals surface area contributed by atoms with Gasteiger partial charge in [0.25, 0.3) is 0 Å². The minimum Gasteiger partial charge on any atom is -2.00 e. The van der Waals surface area contributed by atoms with Crippen LogP contribution in [0.3, 0.4) is 0 Å². The van der Waals surface area contributed by atoms with Crippen LogP contribution >= 0.6 is 0 Å². The molecule has 0 unspecified atom stereocenters. The minimum absolute atomic E-state index is 0. The zero-order chi connectivity index (χ0) is 0. The molecule has 0 amide bonds. The predicted molar refractivity (Wildman–Crippen MR) is 19.1 cm³/mol. The summed E-state index contributed by atoms with van der Waals surface area (Å²) in [5.41, 5.74) is 0. The van der Waals surface area contributed by atoms with Crippen LogP contribution in [0.25, 0.3) is 0 Å². The summed E-state index contributed by atoms with van der Waals surface area (Å²) in [6.07, 6.45) is 0. The van der Waals surface area contributed by atoms with Gasteiger partial charge in [0, 0.05) is 0 Å². The molecule has 0 aliphatic rings. The van der Waals surface area contributed by atoms with E-state index in [0.717, 1.165) is 0 Å². The van der Waals surface area contributed by atoms with Crippen LogP contribution in [0.1, 0.15) is 0 Å². The average molecular weight is 378 g/mol. The zero-order valence-corrected chi connectivity index (χ0v) is 9.63. The van der Waals surface area contributed by atoms with Crippen molar-refractivity contribution in [2.45, 2.75) is 0 Å². The molecule has 0 N–H and O–H groups in total. The maximum atomic E-state index is 0. The van der Waals surface area contributed by atoms with Crippen molar-refractivity contribution in [1.82, 2.24) is 0 Å². The first kappa shape index (κ1) is 71.8. The van der Waals surface area contributed by atoms with Gasteiger partial charge in [-0.25, -0.2) is 0 Å². The predicted octanol–water partition coefficient (Wildman–Crippen LogP) is -2.19. The van der Waals surface area contributed by atoms with E-state index in [1.807, 2.05) is 0 Å². The van der Waals surface area contributed by atoms with Crippen molar-refractivity contribution < 1.29 is 87.6 Å². The normalized spacial score (nSPS) is 0. The van der Waals surface area contributed by atoms with E-state index in [0.29, 0.717) is 0 Å². The van der Waals surface area contributed by atoms with Gasteiger partial charge in [-0.15, -0.1) is 0 Å². The van der Waals surface area contributed by atoms with Gasteiger partial charge in [-0.05, 0) is 0 Å². The molecule has 0 atom stereocenters. The van der Waals surface area contributed by atoms with E-state index in [2.05, 4.69) is 0 Å². The molecule has 0 aromatic rings. The topological polar surface area (TPSA) is 85.5 Å². The second kappa shape index (κ2) is 52.5. The largest absolute Gasteiger partial charge is 3.00 e. The van der Waals surface area contributed by atoms with Crippen LogP contribution in [0.15, 0.2) is 0 Å². The maximum Gasteiger partial charge on any atom is 3.00 e. The molecule has 0 saturated carbocycles. The van der Waals surface area contributed by atoms with E-state index in [9.17, 15) is 0 Å². The van der Waals surface area contributed by atoms with Crippen LogP contribution in [0.2, 0.25) is 0 Å². The smallest absolute Gasteiger partial charge is 2.00 e. The molecule has 0 aliphatic carbocycles. The molecular weight excluding hydrogens is 374 g/mol. The van der Waals surface area contributed by atoms with Crippen LogP contribution in [-0.4, -0.2) is 46.1 Å². The van der Waals surface area contributed by atoms with Crippen LogP contribution in [0.5, 0.6) is 0 Å². The Hall–Kier alpha value is 3.80. The maximum absolute atomic E-state index is 0. The van der Waals surface area contributed by atoms with Crippen molar-refractivity contribution in [2.75, 3.05) is 0 Å². The summed E-state index contributed by atoms with van der Waals surface area (Å²) >= 11 is 0. The molecule has 7 heavy (non-hydrogen) atoms. The van der Waals surface area contributed by atoms with Gasteiger partial charge >= 0.3 is 117 Å². The second-order valence-corrected chi connectivity index (χ2v) is 0. The Balaban J connectivity index is 0. The Morgan fingerprint density at radius 2 is 0.429 bits per heavy atom. The van der Waals surface area contributed by atoms with Crippen LogP contribution < -0.4 is 0 Å². The molecule has 0 radical (unpaired) electrons. The third-order valence-corrected chi connectivity index (χ3v) is 0. The van der Waals surface area contributed by atoms with Gasteiger partial charge in [0.2, 0.25) is 0 Å². The molecule has 0 saturated heterocycles. The van der Waals surface area contributed by atoms with Gasteiger partial charge < -0.3 is 16.4 Å². The first-order chi connectivity index (χ1) is 0. The Bertz CT molecular complexity index is 10.9. The number of hydrogen-bond acceptors (Lipinski definition) is 0. The van der Waals surface area contributed by atoms with Crippen LogP contribution in [0.4, 0.5) is 0 Å². The first-order valence-corrected chi connectivity index (χ1v) is 0. The summed E-state index contributed by atoms with van der Waals surface area (Å²) in [5, 5.41) is 0. The van der Waals surface area contributed by atoms with Crippen LogP contribution in [0, 0.1) is 71.2 Å². The first-order valence-electron chi connectivity index (χ1n) is 0. The van der Waals surface area contributed by atoms with Gasteiger partial charge in [0.15, 0.2) is 0 Å². The summed E-state index contributed by atoms with van der Waals surface area (Å²) in [7, 11) is 0. The quantitative estimate of drug-likeness (QED) is 0.429. The van der Waals surface area contributed by atoms with Crippen LogP contribution in [-0.2, 0) is 16.4 Å². The molecule has 0 aromatic heterocycles. The molecular formula is H4La2Mg2O3. The Morgan fingerprint density at radius 1 is 0.429 bits per heavy atom. The van der Waals surface area contributed by atoms with E-state index in [1.54, 1.807) is 0 Å². The van der Waals surface area contributed by atoms with Crippen molar-refractivity contribution in [3.63, 3.8) is 0 Å². The molecule has 0 fully saturated rings. The fraction of sp³-hybridized carbons (Fsp3) is 0. The van der Waals surface area contributed by atoms with Gasteiger partial charge in [0.1, 0.15) is 0 Å². The fourth-order valence-electron chi connectivity index (χ4n) is 0. The Kier molecular flexibility index (Phi) is 539. The molecule has 0 aliphatic heterocycles. The second-order valence-electron chi connectivity index (χ2n) is 0. The summed E-state index contributed by atoms with van der Waals surface area (Å²) < 4.78 is 0.